The first kappa shape index (κ1) is 17.0. The quantitative estimate of drug-likeness (QED) is 0.755. The van der Waals surface area contributed by atoms with Crippen LogP contribution in [0, 0.1) is 12.8 Å². The molecule has 0 unspecified atom stereocenters. The molecule has 3 aromatic rings. The Hall–Kier alpha value is -2.47. The molecule has 1 fully saturated rings. The van der Waals surface area contributed by atoms with Crippen molar-refractivity contribution in [3.8, 4) is 11.3 Å². The maximum absolute atomic E-state index is 5.46. The molecular weight excluding hydrogens is 326 g/mol. The van der Waals surface area contributed by atoms with E-state index < -0.39 is 0 Å². The van der Waals surface area contributed by atoms with Gasteiger partial charge in [-0.1, -0.05) is 36.3 Å². The van der Waals surface area contributed by atoms with Crippen LogP contribution in [0.2, 0.25) is 0 Å². The Balaban J connectivity index is 1.54. The fourth-order valence-corrected chi connectivity index (χ4v) is 3.56. The number of fused-ring (bicyclic) bond motifs is 1. The summed E-state index contributed by atoms with van der Waals surface area (Å²) in [5, 5.41) is 8.59. The van der Waals surface area contributed by atoms with Gasteiger partial charge in [0.2, 0.25) is 0 Å². The lowest BCUT2D eigenvalue weighted by Crippen LogP contribution is -2.36. The molecule has 1 saturated heterocycles. The summed E-state index contributed by atoms with van der Waals surface area (Å²) in [7, 11) is 0. The first-order valence-corrected chi connectivity index (χ1v) is 9.35. The van der Waals surface area contributed by atoms with Crippen molar-refractivity contribution in [2.75, 3.05) is 31.5 Å². The van der Waals surface area contributed by atoms with E-state index in [9.17, 15) is 0 Å². The Morgan fingerprint density at radius 1 is 1.19 bits per heavy atom. The van der Waals surface area contributed by atoms with Gasteiger partial charge in [0.15, 0.2) is 0 Å². The Morgan fingerprint density at radius 3 is 2.81 bits per heavy atom. The molecule has 6 heteroatoms. The Bertz CT molecular complexity index is 883. The molecule has 0 radical (unpaired) electrons. The molecule has 0 saturated carbocycles. The molecule has 26 heavy (non-hydrogen) atoms. The molecule has 136 valence electrons. The van der Waals surface area contributed by atoms with Gasteiger partial charge in [-0.05, 0) is 44.3 Å². The van der Waals surface area contributed by atoms with Gasteiger partial charge >= 0.3 is 0 Å². The Morgan fingerprint density at radius 2 is 2.00 bits per heavy atom. The van der Waals surface area contributed by atoms with Crippen molar-refractivity contribution in [3.05, 3.63) is 36.2 Å². The van der Waals surface area contributed by atoms with Crippen LogP contribution in [0.1, 0.15) is 25.3 Å². The molecule has 4 rings (SSSR count). The third-order valence-electron chi connectivity index (χ3n) is 5.27. The number of nitrogens with one attached hydrogen (secondary N) is 1. The number of aryl methyl sites for hydroxylation is 1. The summed E-state index contributed by atoms with van der Waals surface area (Å²) < 4.78 is 5.46. The highest BCUT2D eigenvalue weighted by atomic mass is 16.5. The fraction of sp³-hybridized carbons (Fsp3) is 0.450. The normalized spacial score (nSPS) is 16.2. The molecule has 0 amide bonds. The number of nitrogens with zero attached hydrogens (tertiary/aromatic N) is 4. The highest BCUT2D eigenvalue weighted by Gasteiger charge is 2.19. The monoisotopic (exact) mass is 351 g/mol. The number of aromatic nitrogens is 3. The smallest absolute Gasteiger partial charge is 0.263 e. The SMILES string of the molecule is Cc1ccccc1-c1noc2ncnc(NCCN3CCC(C)CC3)c12. The van der Waals surface area contributed by atoms with Crippen molar-refractivity contribution in [3.63, 3.8) is 0 Å². The lowest BCUT2D eigenvalue weighted by atomic mass is 9.99. The average Bonchev–Trinajstić information content (AvgIpc) is 3.09. The summed E-state index contributed by atoms with van der Waals surface area (Å²) in [4.78, 5) is 11.2. The van der Waals surface area contributed by atoms with Crippen molar-refractivity contribution in [1.82, 2.24) is 20.0 Å². The third-order valence-corrected chi connectivity index (χ3v) is 5.27. The molecule has 1 aromatic carbocycles. The zero-order valence-electron chi connectivity index (χ0n) is 15.4. The van der Waals surface area contributed by atoms with Crippen molar-refractivity contribution < 1.29 is 4.52 Å². The number of benzene rings is 1. The van der Waals surface area contributed by atoms with E-state index in [1.165, 1.54) is 32.3 Å². The summed E-state index contributed by atoms with van der Waals surface area (Å²) in [5.74, 6) is 1.65. The van der Waals surface area contributed by atoms with Crippen LogP contribution in [0.3, 0.4) is 0 Å². The van der Waals surface area contributed by atoms with E-state index in [0.717, 1.165) is 47.0 Å². The summed E-state index contributed by atoms with van der Waals surface area (Å²) in [5.41, 5.74) is 3.52. The number of piperidine rings is 1. The van der Waals surface area contributed by atoms with E-state index in [4.69, 9.17) is 4.52 Å². The Kier molecular flexibility index (Phi) is 4.84. The molecule has 0 aliphatic carbocycles. The summed E-state index contributed by atoms with van der Waals surface area (Å²) in [6.45, 7) is 8.64. The van der Waals surface area contributed by atoms with Gasteiger partial charge in [0.25, 0.3) is 5.71 Å². The van der Waals surface area contributed by atoms with E-state index in [1.54, 1.807) is 0 Å². The molecule has 1 aliphatic heterocycles. The van der Waals surface area contributed by atoms with E-state index in [1.807, 2.05) is 12.1 Å². The molecule has 1 aliphatic rings. The molecular formula is C20H25N5O. The maximum Gasteiger partial charge on any atom is 0.263 e. The number of anilines is 1. The fourth-order valence-electron chi connectivity index (χ4n) is 3.56. The average molecular weight is 351 g/mol. The third kappa shape index (κ3) is 3.42. The van der Waals surface area contributed by atoms with Crippen molar-refractivity contribution in [1.29, 1.82) is 0 Å². The van der Waals surface area contributed by atoms with Gasteiger partial charge in [0.05, 0.1) is 0 Å². The van der Waals surface area contributed by atoms with Crippen LogP contribution in [0.5, 0.6) is 0 Å². The molecule has 0 atom stereocenters. The van der Waals surface area contributed by atoms with E-state index in [2.05, 4.69) is 51.3 Å². The molecule has 3 heterocycles. The minimum absolute atomic E-state index is 0.521. The van der Waals surface area contributed by atoms with Crippen LogP contribution >= 0.6 is 0 Å². The second-order valence-corrected chi connectivity index (χ2v) is 7.20. The van der Waals surface area contributed by atoms with Crippen molar-refractivity contribution in [2.24, 2.45) is 5.92 Å². The lowest BCUT2D eigenvalue weighted by Gasteiger charge is -2.30. The standard InChI is InChI=1S/C20H25N5O/c1-14-7-10-25(11-8-14)12-9-21-19-17-18(16-6-4-3-5-15(16)2)24-26-20(17)23-13-22-19/h3-6,13-14H,7-12H2,1-2H3,(H,21,22,23). The minimum Gasteiger partial charge on any atom is -0.368 e. The predicted molar refractivity (Wildman–Crippen MR) is 103 cm³/mol. The lowest BCUT2D eigenvalue weighted by molar-refractivity contribution is 0.199. The first-order valence-electron chi connectivity index (χ1n) is 9.35. The van der Waals surface area contributed by atoms with Crippen LogP contribution in [-0.4, -0.2) is 46.2 Å². The molecule has 1 N–H and O–H groups in total. The van der Waals surface area contributed by atoms with Gasteiger partial charge in [0.1, 0.15) is 23.2 Å². The summed E-state index contributed by atoms with van der Waals surface area (Å²) in [6.07, 6.45) is 4.11. The van der Waals surface area contributed by atoms with Crippen LogP contribution < -0.4 is 5.32 Å². The zero-order chi connectivity index (χ0) is 17.9. The Labute approximate surface area is 153 Å². The summed E-state index contributed by atoms with van der Waals surface area (Å²) >= 11 is 0. The van der Waals surface area contributed by atoms with Crippen LogP contribution in [-0.2, 0) is 0 Å². The van der Waals surface area contributed by atoms with Gasteiger partial charge in [-0.2, -0.15) is 4.98 Å². The van der Waals surface area contributed by atoms with Gasteiger partial charge in [0, 0.05) is 18.7 Å². The number of rotatable bonds is 5. The second-order valence-electron chi connectivity index (χ2n) is 7.20. The highest BCUT2D eigenvalue weighted by molar-refractivity contribution is 5.98. The number of hydrogen-bond acceptors (Lipinski definition) is 6. The van der Waals surface area contributed by atoms with Crippen molar-refractivity contribution >= 4 is 16.9 Å². The predicted octanol–water partition coefficient (Wildman–Crippen LogP) is 3.74. The molecule has 0 spiro atoms. The first-order chi connectivity index (χ1) is 12.7. The van der Waals surface area contributed by atoms with Crippen LogP contribution in [0.15, 0.2) is 35.1 Å². The van der Waals surface area contributed by atoms with E-state index >= 15 is 0 Å². The van der Waals surface area contributed by atoms with Crippen LogP contribution in [0.4, 0.5) is 5.82 Å². The largest absolute Gasteiger partial charge is 0.368 e. The highest BCUT2D eigenvalue weighted by Crippen LogP contribution is 2.32. The van der Waals surface area contributed by atoms with E-state index in [0.29, 0.717) is 5.71 Å². The van der Waals surface area contributed by atoms with Gasteiger partial charge in [-0.3, -0.25) is 0 Å². The van der Waals surface area contributed by atoms with Gasteiger partial charge in [-0.15, -0.1) is 0 Å². The molecule has 6 nitrogen and oxygen atoms in total. The molecule has 0 bridgehead atoms. The van der Waals surface area contributed by atoms with Crippen molar-refractivity contribution in [2.45, 2.75) is 26.7 Å². The maximum atomic E-state index is 5.46. The van der Waals surface area contributed by atoms with Crippen LogP contribution in [0.25, 0.3) is 22.4 Å². The number of hydrogen-bond donors (Lipinski definition) is 1. The zero-order valence-corrected chi connectivity index (χ0v) is 15.4. The van der Waals surface area contributed by atoms with Gasteiger partial charge < -0.3 is 14.7 Å². The summed E-state index contributed by atoms with van der Waals surface area (Å²) in [6, 6.07) is 8.16. The topological polar surface area (TPSA) is 67.1 Å². The second kappa shape index (κ2) is 7.41. The van der Waals surface area contributed by atoms with E-state index in [-0.39, 0.29) is 0 Å². The van der Waals surface area contributed by atoms with Gasteiger partial charge in [-0.25, -0.2) is 4.98 Å². The molecule has 2 aromatic heterocycles. The number of likely N-dealkylation sites (tertiary alicyclic amines) is 1. The minimum atomic E-state index is 0.521.